The standard InChI is InChI=1S/C7H13NO4/c1-6(9)8-4-2-7(10)3-5-12-11/h11H,2-5H2,1H3,(H,8,9). The zero-order chi connectivity index (χ0) is 9.40. The van der Waals surface area contributed by atoms with Gasteiger partial charge in [0.25, 0.3) is 0 Å². The summed E-state index contributed by atoms with van der Waals surface area (Å²) >= 11 is 0. The fourth-order valence-corrected chi connectivity index (χ4v) is 0.662. The van der Waals surface area contributed by atoms with Crippen molar-refractivity contribution in [1.29, 1.82) is 0 Å². The van der Waals surface area contributed by atoms with Gasteiger partial charge in [-0.15, -0.1) is 0 Å². The summed E-state index contributed by atoms with van der Waals surface area (Å²) in [5, 5.41) is 10.4. The van der Waals surface area contributed by atoms with Crippen LogP contribution in [0.2, 0.25) is 0 Å². The Kier molecular flexibility index (Phi) is 6.22. The summed E-state index contributed by atoms with van der Waals surface area (Å²) in [6.45, 7) is 1.75. The van der Waals surface area contributed by atoms with Gasteiger partial charge in [0.05, 0.1) is 6.61 Å². The fraction of sp³-hybridized carbons (Fsp3) is 0.714. The zero-order valence-electron chi connectivity index (χ0n) is 7.00. The molecule has 0 atom stereocenters. The van der Waals surface area contributed by atoms with E-state index in [1.54, 1.807) is 0 Å². The summed E-state index contributed by atoms with van der Waals surface area (Å²) in [7, 11) is 0. The van der Waals surface area contributed by atoms with Crippen LogP contribution in [0.25, 0.3) is 0 Å². The minimum absolute atomic E-state index is 0.0128. The summed E-state index contributed by atoms with van der Waals surface area (Å²) in [6, 6.07) is 0. The third kappa shape index (κ3) is 7.17. The van der Waals surface area contributed by atoms with Gasteiger partial charge in [0.1, 0.15) is 5.78 Å². The van der Waals surface area contributed by atoms with Crippen molar-refractivity contribution >= 4 is 11.7 Å². The average molecular weight is 175 g/mol. The van der Waals surface area contributed by atoms with E-state index in [0.29, 0.717) is 6.54 Å². The minimum atomic E-state index is -0.152. The molecule has 0 aromatic heterocycles. The van der Waals surface area contributed by atoms with Crippen LogP contribution in [0.3, 0.4) is 0 Å². The fourth-order valence-electron chi connectivity index (χ4n) is 0.662. The average Bonchev–Trinajstić information content (AvgIpc) is 2.00. The van der Waals surface area contributed by atoms with Gasteiger partial charge in [-0.3, -0.25) is 14.8 Å². The first kappa shape index (κ1) is 11.1. The highest BCUT2D eigenvalue weighted by molar-refractivity contribution is 5.79. The Bertz CT molecular complexity index is 157. The smallest absolute Gasteiger partial charge is 0.216 e. The van der Waals surface area contributed by atoms with Crippen molar-refractivity contribution < 1.29 is 19.7 Å². The van der Waals surface area contributed by atoms with Gasteiger partial charge in [-0.1, -0.05) is 0 Å². The maximum atomic E-state index is 10.8. The third-order valence-corrected chi connectivity index (χ3v) is 1.25. The molecule has 5 nitrogen and oxygen atoms in total. The van der Waals surface area contributed by atoms with E-state index in [2.05, 4.69) is 10.2 Å². The second kappa shape index (κ2) is 6.75. The highest BCUT2D eigenvalue weighted by Gasteiger charge is 2.01. The van der Waals surface area contributed by atoms with E-state index in [-0.39, 0.29) is 31.1 Å². The number of carbonyl (C=O) groups is 2. The van der Waals surface area contributed by atoms with Crippen molar-refractivity contribution in [2.24, 2.45) is 0 Å². The Labute approximate surface area is 70.6 Å². The molecular formula is C7H13NO4. The predicted molar refractivity (Wildman–Crippen MR) is 41.5 cm³/mol. The van der Waals surface area contributed by atoms with Crippen LogP contribution in [0.5, 0.6) is 0 Å². The van der Waals surface area contributed by atoms with Crippen LogP contribution in [0.1, 0.15) is 19.8 Å². The maximum Gasteiger partial charge on any atom is 0.216 e. The molecule has 0 aliphatic rings. The van der Waals surface area contributed by atoms with E-state index in [1.807, 2.05) is 0 Å². The first-order valence-corrected chi connectivity index (χ1v) is 3.69. The molecule has 0 aliphatic heterocycles. The number of carbonyl (C=O) groups excluding carboxylic acids is 2. The molecule has 12 heavy (non-hydrogen) atoms. The van der Waals surface area contributed by atoms with Gasteiger partial charge in [0.2, 0.25) is 5.91 Å². The largest absolute Gasteiger partial charge is 0.356 e. The molecule has 5 heteroatoms. The predicted octanol–water partition coefficient (Wildman–Crippen LogP) is -0.0386. The summed E-state index contributed by atoms with van der Waals surface area (Å²) in [6.07, 6.45) is 0.457. The van der Waals surface area contributed by atoms with Crippen LogP contribution in [0, 0.1) is 0 Å². The lowest BCUT2D eigenvalue weighted by Gasteiger charge is -2.00. The molecule has 2 N–H and O–H groups in total. The van der Waals surface area contributed by atoms with Crippen LogP contribution in [-0.2, 0) is 14.5 Å². The quantitative estimate of drug-likeness (QED) is 0.438. The molecule has 0 unspecified atom stereocenters. The Morgan fingerprint density at radius 3 is 2.58 bits per heavy atom. The van der Waals surface area contributed by atoms with Gasteiger partial charge in [-0.25, -0.2) is 4.89 Å². The number of Topliss-reactive ketones (excluding diaryl/α,β-unsaturated/α-hetero) is 1. The number of hydrogen-bond donors (Lipinski definition) is 2. The van der Waals surface area contributed by atoms with Gasteiger partial charge in [-0.05, 0) is 0 Å². The number of rotatable bonds is 6. The van der Waals surface area contributed by atoms with Crippen LogP contribution in [-0.4, -0.2) is 30.1 Å². The topological polar surface area (TPSA) is 75.6 Å². The van der Waals surface area contributed by atoms with E-state index in [0.717, 1.165) is 0 Å². The number of amides is 1. The van der Waals surface area contributed by atoms with Gasteiger partial charge in [-0.2, -0.15) is 0 Å². The first-order valence-electron chi connectivity index (χ1n) is 3.69. The number of hydrogen-bond acceptors (Lipinski definition) is 4. The monoisotopic (exact) mass is 175 g/mol. The van der Waals surface area contributed by atoms with E-state index in [1.165, 1.54) is 6.92 Å². The summed E-state index contributed by atoms with van der Waals surface area (Å²) < 4.78 is 0. The third-order valence-electron chi connectivity index (χ3n) is 1.25. The Morgan fingerprint density at radius 1 is 1.42 bits per heavy atom. The molecule has 0 fully saturated rings. The first-order chi connectivity index (χ1) is 5.66. The Hall–Kier alpha value is -0.940. The lowest BCUT2D eigenvalue weighted by Crippen LogP contribution is -2.23. The molecular weight excluding hydrogens is 162 g/mol. The van der Waals surface area contributed by atoms with Crippen LogP contribution < -0.4 is 5.32 Å². The molecule has 0 spiro atoms. The normalized spacial score (nSPS) is 9.50. The highest BCUT2D eigenvalue weighted by Crippen LogP contribution is 1.88. The molecule has 70 valence electrons. The second-order valence-electron chi connectivity index (χ2n) is 2.35. The molecule has 0 radical (unpaired) electrons. The summed E-state index contributed by atoms with van der Waals surface area (Å²) in [5.41, 5.74) is 0. The van der Waals surface area contributed by atoms with Crippen molar-refractivity contribution in [2.45, 2.75) is 19.8 Å². The Balaban J connectivity index is 3.25. The van der Waals surface area contributed by atoms with Gasteiger partial charge < -0.3 is 5.32 Å². The van der Waals surface area contributed by atoms with E-state index >= 15 is 0 Å². The summed E-state index contributed by atoms with van der Waals surface area (Å²) in [4.78, 5) is 24.9. The molecule has 0 heterocycles. The molecule has 0 rings (SSSR count). The molecule has 0 aliphatic carbocycles. The Morgan fingerprint density at radius 2 is 2.08 bits per heavy atom. The van der Waals surface area contributed by atoms with Crippen molar-refractivity contribution in [1.82, 2.24) is 5.32 Å². The molecule has 0 saturated heterocycles. The summed E-state index contributed by atoms with van der Waals surface area (Å²) in [5.74, 6) is -0.195. The number of nitrogens with one attached hydrogen (secondary N) is 1. The van der Waals surface area contributed by atoms with Crippen LogP contribution >= 0.6 is 0 Å². The second-order valence-corrected chi connectivity index (χ2v) is 2.35. The van der Waals surface area contributed by atoms with Crippen molar-refractivity contribution in [2.75, 3.05) is 13.2 Å². The lowest BCUT2D eigenvalue weighted by molar-refractivity contribution is -0.241. The van der Waals surface area contributed by atoms with Crippen LogP contribution in [0.4, 0.5) is 0 Å². The lowest BCUT2D eigenvalue weighted by atomic mass is 10.2. The van der Waals surface area contributed by atoms with Crippen molar-refractivity contribution in [3.05, 3.63) is 0 Å². The van der Waals surface area contributed by atoms with E-state index in [4.69, 9.17) is 5.26 Å². The van der Waals surface area contributed by atoms with Gasteiger partial charge in [0, 0.05) is 26.3 Å². The maximum absolute atomic E-state index is 10.8. The molecule has 1 amide bonds. The van der Waals surface area contributed by atoms with E-state index < -0.39 is 0 Å². The number of ketones is 1. The van der Waals surface area contributed by atoms with Crippen LogP contribution in [0.15, 0.2) is 0 Å². The van der Waals surface area contributed by atoms with Gasteiger partial charge >= 0.3 is 0 Å². The van der Waals surface area contributed by atoms with E-state index in [9.17, 15) is 9.59 Å². The molecule has 0 aromatic rings. The highest BCUT2D eigenvalue weighted by atomic mass is 17.1. The van der Waals surface area contributed by atoms with Gasteiger partial charge in [0.15, 0.2) is 0 Å². The molecule has 0 bridgehead atoms. The minimum Gasteiger partial charge on any atom is -0.356 e. The SMILES string of the molecule is CC(=O)NCCC(=O)CCOO. The molecule has 0 aromatic carbocycles. The van der Waals surface area contributed by atoms with Crippen molar-refractivity contribution in [3.63, 3.8) is 0 Å². The molecule has 0 saturated carbocycles. The van der Waals surface area contributed by atoms with Crippen molar-refractivity contribution in [3.8, 4) is 0 Å². The zero-order valence-corrected chi connectivity index (χ0v) is 7.00.